The monoisotopic (exact) mass is 623 g/mol. The SMILES string of the molecule is COCC(=O)Nc1ccc(N2C(=S)N[C@H](c3ccccn3)[C@H]2c2cc(C)n(-c3cccc(Br)c3)c2C)cc1Cl. The van der Waals surface area contributed by atoms with E-state index in [1.54, 1.807) is 12.3 Å². The Bertz CT molecular complexity index is 1540. The number of halogens is 2. The first kappa shape index (κ1) is 27.3. The summed E-state index contributed by atoms with van der Waals surface area (Å²) in [5.41, 5.74) is 6.58. The first-order valence-electron chi connectivity index (χ1n) is 12.3. The fourth-order valence-corrected chi connectivity index (χ4v) is 6.08. The zero-order valence-electron chi connectivity index (χ0n) is 21.6. The number of aromatic nitrogens is 2. The van der Waals surface area contributed by atoms with Gasteiger partial charge >= 0.3 is 0 Å². The second kappa shape index (κ2) is 11.5. The molecular weight excluding hydrogens is 598 g/mol. The number of carbonyl (C=O) groups is 1. The minimum Gasteiger partial charge on any atom is -0.375 e. The number of hydrogen-bond donors (Lipinski definition) is 2. The maximum atomic E-state index is 12.1. The second-order valence-corrected chi connectivity index (χ2v) is 11.0. The van der Waals surface area contributed by atoms with E-state index in [0.29, 0.717) is 15.8 Å². The fourth-order valence-electron chi connectivity index (χ4n) is 5.12. The third kappa shape index (κ3) is 5.45. The molecule has 39 heavy (non-hydrogen) atoms. The van der Waals surface area contributed by atoms with Crippen molar-refractivity contribution >= 4 is 62.1 Å². The Balaban J connectivity index is 1.61. The van der Waals surface area contributed by atoms with Crippen molar-refractivity contribution in [2.75, 3.05) is 23.9 Å². The van der Waals surface area contributed by atoms with Crippen molar-refractivity contribution in [3.8, 4) is 5.69 Å². The molecule has 0 unspecified atom stereocenters. The number of nitrogens with one attached hydrogen (secondary N) is 2. The van der Waals surface area contributed by atoms with Gasteiger partial charge in [-0.25, -0.2) is 0 Å². The quantitative estimate of drug-likeness (QED) is 0.224. The molecule has 2 aromatic heterocycles. The van der Waals surface area contributed by atoms with Gasteiger partial charge in [-0.1, -0.05) is 39.7 Å². The van der Waals surface area contributed by atoms with Crippen LogP contribution in [-0.2, 0) is 9.53 Å². The van der Waals surface area contributed by atoms with Gasteiger partial charge in [-0.05, 0) is 86.2 Å². The number of hydrogen-bond acceptors (Lipinski definition) is 4. The zero-order valence-corrected chi connectivity index (χ0v) is 24.8. The van der Waals surface area contributed by atoms with Crippen molar-refractivity contribution in [3.63, 3.8) is 0 Å². The lowest BCUT2D eigenvalue weighted by molar-refractivity contribution is -0.119. The zero-order chi connectivity index (χ0) is 27.7. The van der Waals surface area contributed by atoms with E-state index in [2.05, 4.69) is 73.1 Å². The molecule has 0 aliphatic carbocycles. The highest BCUT2D eigenvalue weighted by atomic mass is 79.9. The van der Waals surface area contributed by atoms with Gasteiger partial charge < -0.3 is 24.8 Å². The minimum absolute atomic E-state index is 0.0559. The predicted molar refractivity (Wildman–Crippen MR) is 163 cm³/mol. The van der Waals surface area contributed by atoms with Crippen molar-refractivity contribution in [3.05, 3.63) is 105 Å². The highest BCUT2D eigenvalue weighted by molar-refractivity contribution is 9.10. The minimum atomic E-state index is -0.279. The van der Waals surface area contributed by atoms with E-state index < -0.39 is 0 Å². The number of aryl methyl sites for hydroxylation is 1. The molecule has 2 atom stereocenters. The largest absolute Gasteiger partial charge is 0.375 e. The van der Waals surface area contributed by atoms with Gasteiger partial charge in [-0.2, -0.15) is 0 Å². The molecule has 1 amide bonds. The summed E-state index contributed by atoms with van der Waals surface area (Å²) < 4.78 is 8.17. The number of ether oxygens (including phenoxy) is 1. The summed E-state index contributed by atoms with van der Waals surface area (Å²) in [4.78, 5) is 18.8. The second-order valence-electron chi connectivity index (χ2n) is 9.28. The van der Waals surface area contributed by atoms with Crippen LogP contribution < -0.4 is 15.5 Å². The van der Waals surface area contributed by atoms with Crippen LogP contribution in [0.1, 0.15) is 34.7 Å². The van der Waals surface area contributed by atoms with E-state index in [-0.39, 0.29) is 24.6 Å². The normalized spacial score (nSPS) is 16.8. The van der Waals surface area contributed by atoms with Gasteiger partial charge in [0.05, 0.1) is 28.5 Å². The van der Waals surface area contributed by atoms with Crippen LogP contribution in [0.5, 0.6) is 0 Å². The fraction of sp³-hybridized carbons (Fsp3) is 0.207. The highest BCUT2D eigenvalue weighted by Crippen LogP contribution is 2.44. The van der Waals surface area contributed by atoms with Gasteiger partial charge in [-0.15, -0.1) is 0 Å². The van der Waals surface area contributed by atoms with Gasteiger partial charge in [0.2, 0.25) is 5.91 Å². The molecule has 1 aliphatic rings. The number of amides is 1. The summed E-state index contributed by atoms with van der Waals surface area (Å²) in [5, 5.41) is 7.25. The van der Waals surface area contributed by atoms with Gasteiger partial charge in [0.15, 0.2) is 5.11 Å². The smallest absolute Gasteiger partial charge is 0.250 e. The summed E-state index contributed by atoms with van der Waals surface area (Å²) >= 11 is 16.1. The molecule has 0 spiro atoms. The average Bonchev–Trinajstić information content (AvgIpc) is 3.40. The third-order valence-electron chi connectivity index (χ3n) is 6.73. The topological polar surface area (TPSA) is 71.4 Å². The van der Waals surface area contributed by atoms with Gasteiger partial charge in [0.25, 0.3) is 0 Å². The van der Waals surface area contributed by atoms with Gasteiger partial charge in [0, 0.05) is 40.5 Å². The first-order chi connectivity index (χ1) is 18.8. The Hall–Kier alpha value is -3.24. The number of thiocarbonyl (C=S) groups is 1. The van der Waals surface area contributed by atoms with E-state index in [1.165, 1.54) is 7.11 Å². The Morgan fingerprint density at radius 2 is 1.95 bits per heavy atom. The lowest BCUT2D eigenvalue weighted by Gasteiger charge is -2.28. The summed E-state index contributed by atoms with van der Waals surface area (Å²) in [6.07, 6.45) is 1.79. The molecule has 1 fully saturated rings. The van der Waals surface area contributed by atoms with Crippen LogP contribution in [0.2, 0.25) is 5.02 Å². The van der Waals surface area contributed by atoms with Crippen LogP contribution in [0.3, 0.4) is 0 Å². The van der Waals surface area contributed by atoms with Crippen LogP contribution in [0.25, 0.3) is 5.69 Å². The number of rotatable bonds is 7. The predicted octanol–water partition coefficient (Wildman–Crippen LogP) is 6.67. The van der Waals surface area contributed by atoms with E-state index in [1.807, 2.05) is 42.5 Å². The molecule has 7 nitrogen and oxygen atoms in total. The Morgan fingerprint density at radius 3 is 2.64 bits per heavy atom. The Morgan fingerprint density at radius 1 is 1.13 bits per heavy atom. The maximum absolute atomic E-state index is 12.1. The Kier molecular flexibility index (Phi) is 8.04. The average molecular weight is 625 g/mol. The van der Waals surface area contributed by atoms with Crippen molar-refractivity contribution in [1.29, 1.82) is 0 Å². The van der Waals surface area contributed by atoms with E-state index in [4.69, 9.17) is 28.6 Å². The molecule has 0 bridgehead atoms. The number of anilines is 2. The molecule has 4 aromatic rings. The van der Waals surface area contributed by atoms with Crippen LogP contribution in [-0.4, -0.2) is 34.3 Å². The van der Waals surface area contributed by atoms with E-state index in [0.717, 1.165) is 38.5 Å². The first-order valence-corrected chi connectivity index (χ1v) is 13.9. The molecule has 1 saturated heterocycles. The molecule has 0 saturated carbocycles. The van der Waals surface area contributed by atoms with Crippen molar-refractivity contribution in [1.82, 2.24) is 14.9 Å². The number of carbonyl (C=O) groups excluding carboxylic acids is 1. The number of nitrogens with zero attached hydrogens (tertiary/aromatic N) is 3. The van der Waals surface area contributed by atoms with Crippen LogP contribution in [0.4, 0.5) is 11.4 Å². The van der Waals surface area contributed by atoms with Crippen molar-refractivity contribution < 1.29 is 9.53 Å². The molecular formula is C29H27BrClN5O2S. The highest BCUT2D eigenvalue weighted by Gasteiger charge is 2.42. The lowest BCUT2D eigenvalue weighted by Crippen LogP contribution is -2.29. The van der Waals surface area contributed by atoms with Crippen LogP contribution in [0.15, 0.2) is 77.4 Å². The molecule has 200 valence electrons. The van der Waals surface area contributed by atoms with Gasteiger partial charge in [-0.3, -0.25) is 9.78 Å². The standard InChI is InChI=1S/C29H27BrClN5O2S/c1-17-13-22(18(2)35(17)20-8-6-7-19(30)14-20)28-27(25-9-4-5-12-32-25)34-29(39)36(28)21-10-11-24(23(31)15-21)33-26(37)16-38-3/h4-15,27-28H,16H2,1-3H3,(H,33,37)(H,34,39)/t27-,28-/m1/s1. The van der Waals surface area contributed by atoms with Gasteiger partial charge in [0.1, 0.15) is 6.61 Å². The van der Waals surface area contributed by atoms with Crippen molar-refractivity contribution in [2.24, 2.45) is 0 Å². The molecule has 1 aliphatic heterocycles. The molecule has 10 heteroatoms. The molecule has 2 aromatic carbocycles. The summed E-state index contributed by atoms with van der Waals surface area (Å²) in [6.45, 7) is 4.17. The van der Waals surface area contributed by atoms with Crippen molar-refractivity contribution in [2.45, 2.75) is 25.9 Å². The number of pyridine rings is 1. The molecule has 2 N–H and O–H groups in total. The summed E-state index contributed by atoms with van der Waals surface area (Å²) in [7, 11) is 1.47. The van der Waals surface area contributed by atoms with E-state index >= 15 is 0 Å². The number of methoxy groups -OCH3 is 1. The molecule has 0 radical (unpaired) electrons. The van der Waals surface area contributed by atoms with Crippen LogP contribution >= 0.6 is 39.7 Å². The van der Waals surface area contributed by atoms with E-state index in [9.17, 15) is 4.79 Å². The van der Waals surface area contributed by atoms with Crippen LogP contribution in [0, 0.1) is 13.8 Å². The molecule has 5 rings (SSSR count). The molecule has 3 heterocycles. The summed E-state index contributed by atoms with van der Waals surface area (Å²) in [5.74, 6) is -0.279. The maximum Gasteiger partial charge on any atom is 0.250 e. The third-order valence-corrected chi connectivity index (χ3v) is 7.85. The lowest BCUT2D eigenvalue weighted by atomic mass is 9.96. The summed E-state index contributed by atoms with van der Waals surface area (Å²) in [6, 6.07) is 21.4. The number of benzene rings is 2. The Labute approximate surface area is 246 Å².